The lowest BCUT2D eigenvalue weighted by Gasteiger charge is -2.15. The molecule has 0 aromatic rings. The zero-order valence-corrected chi connectivity index (χ0v) is 7.67. The Morgan fingerprint density at radius 2 is 1.91 bits per heavy atom. The molecule has 11 heavy (non-hydrogen) atoms. The van der Waals surface area contributed by atoms with Crippen LogP contribution in [0.5, 0.6) is 0 Å². The van der Waals surface area contributed by atoms with E-state index in [1.165, 1.54) is 0 Å². The first-order valence-electron chi connectivity index (χ1n) is 4.04. The van der Waals surface area contributed by atoms with Crippen LogP contribution in [-0.4, -0.2) is 32.5 Å². The van der Waals surface area contributed by atoms with E-state index in [1.54, 1.807) is 7.11 Å². The fraction of sp³-hybridized carbons (Fsp3) is 1.00. The maximum Gasteiger partial charge on any atom is 0.0695 e. The van der Waals surface area contributed by atoms with Crippen LogP contribution in [0.25, 0.3) is 0 Å². The van der Waals surface area contributed by atoms with E-state index in [-0.39, 0.29) is 12.1 Å². The molecule has 3 heteroatoms. The summed E-state index contributed by atoms with van der Waals surface area (Å²) >= 11 is 0. The van der Waals surface area contributed by atoms with E-state index in [9.17, 15) is 0 Å². The molecule has 0 fully saturated rings. The van der Waals surface area contributed by atoms with Gasteiger partial charge in [0.05, 0.1) is 6.10 Å². The first-order valence-corrected chi connectivity index (χ1v) is 4.04. The van der Waals surface area contributed by atoms with Crippen LogP contribution in [0.1, 0.15) is 20.3 Å². The number of ether oxygens (including phenoxy) is 2. The van der Waals surface area contributed by atoms with E-state index in [4.69, 9.17) is 15.2 Å². The highest BCUT2D eigenvalue weighted by Gasteiger charge is 2.05. The van der Waals surface area contributed by atoms with Gasteiger partial charge in [-0.15, -0.1) is 0 Å². The molecule has 0 bridgehead atoms. The van der Waals surface area contributed by atoms with Crippen molar-refractivity contribution < 1.29 is 9.47 Å². The van der Waals surface area contributed by atoms with E-state index in [0.29, 0.717) is 0 Å². The third kappa shape index (κ3) is 6.28. The van der Waals surface area contributed by atoms with Gasteiger partial charge in [0.1, 0.15) is 0 Å². The normalized spacial score (nSPS) is 16.4. The van der Waals surface area contributed by atoms with Gasteiger partial charge in [0.25, 0.3) is 0 Å². The molecule has 3 nitrogen and oxygen atoms in total. The highest BCUT2D eigenvalue weighted by molar-refractivity contribution is 4.61. The van der Waals surface area contributed by atoms with Gasteiger partial charge in [0.2, 0.25) is 0 Å². The molecule has 0 amide bonds. The molecule has 0 saturated carbocycles. The van der Waals surface area contributed by atoms with E-state index < -0.39 is 0 Å². The Kier molecular flexibility index (Phi) is 6.51. The maximum atomic E-state index is 5.59. The van der Waals surface area contributed by atoms with Gasteiger partial charge >= 0.3 is 0 Å². The van der Waals surface area contributed by atoms with Crippen LogP contribution >= 0.6 is 0 Å². The summed E-state index contributed by atoms with van der Waals surface area (Å²) in [5, 5.41) is 0. The minimum atomic E-state index is 0.109. The fourth-order valence-corrected chi connectivity index (χ4v) is 0.624. The highest BCUT2D eigenvalue weighted by Crippen LogP contribution is 1.96. The third-order valence-corrected chi connectivity index (χ3v) is 1.61. The Morgan fingerprint density at radius 3 is 2.36 bits per heavy atom. The van der Waals surface area contributed by atoms with Crippen LogP contribution in [0.3, 0.4) is 0 Å². The molecule has 1 unspecified atom stereocenters. The van der Waals surface area contributed by atoms with Crippen molar-refractivity contribution in [2.75, 3.05) is 20.3 Å². The first-order chi connectivity index (χ1) is 5.18. The van der Waals surface area contributed by atoms with Gasteiger partial charge in [-0.25, -0.2) is 0 Å². The van der Waals surface area contributed by atoms with Crippen molar-refractivity contribution in [1.82, 2.24) is 0 Å². The van der Waals surface area contributed by atoms with Crippen molar-refractivity contribution in [3.05, 3.63) is 0 Å². The third-order valence-electron chi connectivity index (χ3n) is 1.61. The van der Waals surface area contributed by atoms with Crippen LogP contribution in [0.15, 0.2) is 0 Å². The molecule has 0 aromatic carbocycles. The largest absolute Gasteiger partial charge is 0.385 e. The van der Waals surface area contributed by atoms with Crippen molar-refractivity contribution in [3.63, 3.8) is 0 Å². The lowest BCUT2D eigenvalue weighted by Crippen LogP contribution is -2.31. The molecule has 0 spiro atoms. The van der Waals surface area contributed by atoms with Crippen LogP contribution in [0.2, 0.25) is 0 Å². The molecule has 0 heterocycles. The molecule has 0 saturated heterocycles. The van der Waals surface area contributed by atoms with Gasteiger partial charge < -0.3 is 15.2 Å². The van der Waals surface area contributed by atoms with Crippen LogP contribution in [0.4, 0.5) is 0 Å². The molecular formula is C8H19NO2. The minimum absolute atomic E-state index is 0.109. The monoisotopic (exact) mass is 161 g/mol. The standard InChI is InChI=1S/C8H19NO2/c1-7(9)8(2)11-6-4-5-10-3/h7-8H,4-6,9H2,1-3H3/t7-,8?/m0/s1. The molecule has 0 radical (unpaired) electrons. The number of methoxy groups -OCH3 is 1. The highest BCUT2D eigenvalue weighted by atomic mass is 16.5. The summed E-state index contributed by atoms with van der Waals surface area (Å²) in [7, 11) is 1.69. The molecule has 68 valence electrons. The summed E-state index contributed by atoms with van der Waals surface area (Å²) in [6, 6.07) is 0.109. The van der Waals surface area contributed by atoms with Gasteiger partial charge in [0, 0.05) is 26.4 Å². The van der Waals surface area contributed by atoms with Crippen molar-refractivity contribution >= 4 is 0 Å². The van der Waals surface area contributed by atoms with Crippen molar-refractivity contribution in [1.29, 1.82) is 0 Å². The zero-order valence-electron chi connectivity index (χ0n) is 7.67. The zero-order chi connectivity index (χ0) is 8.69. The second kappa shape index (κ2) is 6.58. The Hall–Kier alpha value is -0.120. The van der Waals surface area contributed by atoms with Gasteiger partial charge in [-0.1, -0.05) is 0 Å². The predicted octanol–water partition coefficient (Wildman–Crippen LogP) is 0.775. The summed E-state index contributed by atoms with van der Waals surface area (Å²) in [6.45, 7) is 5.42. The number of nitrogens with two attached hydrogens (primary N) is 1. The quantitative estimate of drug-likeness (QED) is 0.585. The van der Waals surface area contributed by atoms with Crippen LogP contribution in [-0.2, 0) is 9.47 Å². The molecule has 0 rings (SSSR count). The van der Waals surface area contributed by atoms with Crippen LogP contribution < -0.4 is 5.73 Å². The van der Waals surface area contributed by atoms with Gasteiger partial charge in [-0.3, -0.25) is 0 Å². The fourth-order valence-electron chi connectivity index (χ4n) is 0.624. The van der Waals surface area contributed by atoms with Crippen molar-refractivity contribution in [2.45, 2.75) is 32.4 Å². The van der Waals surface area contributed by atoms with Gasteiger partial charge in [-0.05, 0) is 20.3 Å². The average molecular weight is 161 g/mol. The summed E-state index contributed by atoms with van der Waals surface area (Å²) < 4.78 is 10.3. The number of hydrogen-bond acceptors (Lipinski definition) is 3. The van der Waals surface area contributed by atoms with E-state index >= 15 is 0 Å². The summed E-state index contributed by atoms with van der Waals surface area (Å²) in [5.74, 6) is 0. The van der Waals surface area contributed by atoms with Crippen molar-refractivity contribution in [3.8, 4) is 0 Å². The molecule has 0 aromatic heterocycles. The molecule has 0 aliphatic heterocycles. The SMILES string of the molecule is COCCCOC(C)[C@H](C)N. The Labute approximate surface area is 68.9 Å². The second-order valence-corrected chi connectivity index (χ2v) is 2.78. The Bertz CT molecular complexity index is 86.2. The molecule has 0 aliphatic rings. The van der Waals surface area contributed by atoms with E-state index in [0.717, 1.165) is 19.6 Å². The van der Waals surface area contributed by atoms with Crippen LogP contribution in [0, 0.1) is 0 Å². The topological polar surface area (TPSA) is 44.5 Å². The van der Waals surface area contributed by atoms with E-state index in [2.05, 4.69) is 0 Å². The summed E-state index contributed by atoms with van der Waals surface area (Å²) in [6.07, 6.45) is 1.08. The average Bonchev–Trinajstić information content (AvgIpc) is 1.97. The molecule has 2 N–H and O–H groups in total. The molecule has 2 atom stereocenters. The van der Waals surface area contributed by atoms with Gasteiger partial charge in [-0.2, -0.15) is 0 Å². The predicted molar refractivity (Wildman–Crippen MR) is 45.6 cm³/mol. The lowest BCUT2D eigenvalue weighted by molar-refractivity contribution is 0.0389. The number of hydrogen-bond donors (Lipinski definition) is 1. The Morgan fingerprint density at radius 1 is 1.27 bits per heavy atom. The molecular weight excluding hydrogens is 142 g/mol. The van der Waals surface area contributed by atoms with E-state index in [1.807, 2.05) is 13.8 Å². The first kappa shape index (κ1) is 10.9. The second-order valence-electron chi connectivity index (χ2n) is 2.78. The smallest absolute Gasteiger partial charge is 0.0695 e. The minimum Gasteiger partial charge on any atom is -0.385 e. The number of rotatable bonds is 6. The summed E-state index contributed by atoms with van der Waals surface area (Å²) in [4.78, 5) is 0. The molecule has 0 aliphatic carbocycles. The summed E-state index contributed by atoms with van der Waals surface area (Å²) in [5.41, 5.74) is 5.59. The van der Waals surface area contributed by atoms with Crippen molar-refractivity contribution in [2.24, 2.45) is 5.73 Å². The maximum absolute atomic E-state index is 5.59. The lowest BCUT2D eigenvalue weighted by atomic mass is 10.2. The Balaban J connectivity index is 3.10. The van der Waals surface area contributed by atoms with Gasteiger partial charge in [0.15, 0.2) is 0 Å².